The molecule has 0 fully saturated rings. The zero-order valence-electron chi connectivity index (χ0n) is 26.6. The van der Waals surface area contributed by atoms with Crippen LogP contribution < -0.4 is 0 Å². The van der Waals surface area contributed by atoms with Crippen LogP contribution in [0.4, 0.5) is 0 Å². The van der Waals surface area contributed by atoms with E-state index in [1.54, 1.807) is 0 Å². The maximum Gasteiger partial charge on any atom is 0.305 e. The maximum atomic E-state index is 12.3. The van der Waals surface area contributed by atoms with Crippen LogP contribution in [0.15, 0.2) is 12.2 Å². The summed E-state index contributed by atoms with van der Waals surface area (Å²) in [6.45, 7) is 7.50. The Morgan fingerprint density at radius 2 is 0.868 bits per heavy atom. The minimum absolute atomic E-state index is 0.0390. The third kappa shape index (κ3) is 29.8. The normalized spacial score (nSPS) is 12.4. The van der Waals surface area contributed by atoms with Crippen LogP contribution >= 0.6 is 0 Å². The summed E-state index contributed by atoms with van der Waals surface area (Å²) in [4.78, 5) is 12.3. The molecule has 0 N–H and O–H groups in total. The molecule has 0 amide bonds. The van der Waals surface area contributed by atoms with Gasteiger partial charge >= 0.3 is 5.97 Å². The second-order valence-electron chi connectivity index (χ2n) is 12.0. The molecule has 0 aromatic rings. The maximum absolute atomic E-state index is 12.3. The van der Waals surface area contributed by atoms with Crippen LogP contribution in [0.3, 0.4) is 0 Å². The largest absolute Gasteiger partial charge is 0.465 e. The van der Waals surface area contributed by atoms with Gasteiger partial charge in [-0.1, -0.05) is 161 Å². The Hall–Kier alpha value is -0.790. The number of unbranched alkanes of at least 4 members (excludes halogenated alkanes) is 21. The molecule has 226 valence electrons. The molecule has 0 bridgehead atoms. The first-order chi connectivity index (χ1) is 18.7. The molecule has 38 heavy (non-hydrogen) atoms. The molecular formula is C36H70O2. The van der Waals surface area contributed by atoms with Gasteiger partial charge in [0.2, 0.25) is 0 Å². The lowest BCUT2D eigenvalue weighted by Crippen LogP contribution is -2.14. The van der Waals surface area contributed by atoms with Crippen molar-refractivity contribution in [1.82, 2.24) is 0 Å². The first-order valence-electron chi connectivity index (χ1n) is 17.5. The van der Waals surface area contributed by atoms with E-state index in [9.17, 15) is 4.79 Å². The van der Waals surface area contributed by atoms with Crippen LogP contribution in [0.25, 0.3) is 0 Å². The number of hydrogen-bond donors (Lipinski definition) is 0. The Morgan fingerprint density at radius 1 is 0.500 bits per heavy atom. The monoisotopic (exact) mass is 535 g/mol. The van der Waals surface area contributed by atoms with Crippen LogP contribution in [-0.2, 0) is 9.53 Å². The summed E-state index contributed by atoms with van der Waals surface area (Å²) in [5.41, 5.74) is 0. The van der Waals surface area contributed by atoms with E-state index in [-0.39, 0.29) is 5.97 Å². The molecule has 0 radical (unpaired) electrons. The standard InChI is InChI=1S/C36H70O2/c1-4-7-10-13-15-17-18-19-20-21-22-23-25-27-30-33-36(37)38-34-35(31-28-12-9-6-3)32-29-26-24-16-14-11-8-5-2/h19-20,35H,4-18,21-34H2,1-3H3. The Labute approximate surface area is 240 Å². The number of allylic oxidation sites excluding steroid dienone is 2. The Bertz CT molecular complexity index is 484. The third-order valence-electron chi connectivity index (χ3n) is 8.05. The van der Waals surface area contributed by atoms with Gasteiger partial charge in [0.1, 0.15) is 0 Å². The minimum atomic E-state index is 0.0390. The molecule has 0 saturated heterocycles. The predicted molar refractivity (Wildman–Crippen MR) is 170 cm³/mol. The van der Waals surface area contributed by atoms with Crippen LogP contribution in [0.5, 0.6) is 0 Å². The molecular weight excluding hydrogens is 464 g/mol. The summed E-state index contributed by atoms with van der Waals surface area (Å²) in [6.07, 6.45) is 40.8. The highest BCUT2D eigenvalue weighted by Crippen LogP contribution is 2.20. The first-order valence-corrected chi connectivity index (χ1v) is 17.5. The number of rotatable bonds is 31. The van der Waals surface area contributed by atoms with Gasteiger partial charge in [-0.05, 0) is 50.9 Å². The van der Waals surface area contributed by atoms with Crippen LogP contribution in [-0.4, -0.2) is 12.6 Å². The molecule has 0 aromatic heterocycles. The highest BCUT2D eigenvalue weighted by atomic mass is 16.5. The van der Waals surface area contributed by atoms with Crippen molar-refractivity contribution in [3.05, 3.63) is 12.2 Å². The van der Waals surface area contributed by atoms with Crippen molar-refractivity contribution < 1.29 is 9.53 Å². The molecule has 1 unspecified atom stereocenters. The topological polar surface area (TPSA) is 26.3 Å². The quantitative estimate of drug-likeness (QED) is 0.0502. The van der Waals surface area contributed by atoms with E-state index >= 15 is 0 Å². The van der Waals surface area contributed by atoms with Gasteiger partial charge in [-0.25, -0.2) is 0 Å². The first kappa shape index (κ1) is 37.2. The van der Waals surface area contributed by atoms with Gasteiger partial charge in [0.15, 0.2) is 0 Å². The van der Waals surface area contributed by atoms with Gasteiger partial charge in [0.25, 0.3) is 0 Å². The molecule has 2 nitrogen and oxygen atoms in total. The highest BCUT2D eigenvalue weighted by molar-refractivity contribution is 5.69. The van der Waals surface area contributed by atoms with Crippen LogP contribution in [0, 0.1) is 5.92 Å². The second kappa shape index (κ2) is 32.4. The van der Waals surface area contributed by atoms with Crippen LogP contribution in [0.1, 0.15) is 201 Å². The fraction of sp³-hybridized carbons (Fsp3) is 0.917. The van der Waals surface area contributed by atoms with E-state index in [2.05, 4.69) is 32.9 Å². The van der Waals surface area contributed by atoms with Crippen LogP contribution in [0.2, 0.25) is 0 Å². The summed E-state index contributed by atoms with van der Waals surface area (Å²) >= 11 is 0. The van der Waals surface area contributed by atoms with Gasteiger partial charge in [-0.15, -0.1) is 0 Å². The van der Waals surface area contributed by atoms with Crippen molar-refractivity contribution in [3.63, 3.8) is 0 Å². The summed E-state index contributed by atoms with van der Waals surface area (Å²) in [6, 6.07) is 0. The van der Waals surface area contributed by atoms with Crippen molar-refractivity contribution in [2.24, 2.45) is 5.92 Å². The lowest BCUT2D eigenvalue weighted by molar-refractivity contribution is -0.145. The summed E-state index contributed by atoms with van der Waals surface area (Å²) < 4.78 is 5.75. The predicted octanol–water partition coefficient (Wildman–Crippen LogP) is 12.7. The number of ether oxygens (including phenoxy) is 1. The summed E-state index contributed by atoms with van der Waals surface area (Å²) in [5, 5.41) is 0. The molecule has 0 saturated carbocycles. The average molecular weight is 535 g/mol. The lowest BCUT2D eigenvalue weighted by atomic mass is 9.95. The zero-order chi connectivity index (χ0) is 27.8. The second-order valence-corrected chi connectivity index (χ2v) is 12.0. The van der Waals surface area contributed by atoms with Crippen molar-refractivity contribution in [2.45, 2.75) is 201 Å². The molecule has 0 spiro atoms. The van der Waals surface area contributed by atoms with E-state index in [0.29, 0.717) is 18.9 Å². The van der Waals surface area contributed by atoms with Gasteiger partial charge < -0.3 is 4.74 Å². The van der Waals surface area contributed by atoms with Gasteiger partial charge in [0.05, 0.1) is 6.61 Å². The van der Waals surface area contributed by atoms with Gasteiger partial charge in [-0.3, -0.25) is 4.79 Å². The molecule has 0 aromatic carbocycles. The molecule has 0 heterocycles. The Morgan fingerprint density at radius 3 is 1.34 bits per heavy atom. The molecule has 0 aliphatic carbocycles. The number of esters is 1. The molecule has 0 aliphatic heterocycles. The average Bonchev–Trinajstić information content (AvgIpc) is 2.92. The lowest BCUT2D eigenvalue weighted by Gasteiger charge is -2.17. The fourth-order valence-electron chi connectivity index (χ4n) is 5.36. The number of hydrogen-bond acceptors (Lipinski definition) is 2. The molecule has 0 rings (SSSR count). The molecule has 2 heteroatoms. The van der Waals surface area contributed by atoms with E-state index in [0.717, 1.165) is 12.8 Å². The summed E-state index contributed by atoms with van der Waals surface area (Å²) in [5.74, 6) is 0.613. The highest BCUT2D eigenvalue weighted by Gasteiger charge is 2.12. The molecule has 1 atom stereocenters. The zero-order valence-corrected chi connectivity index (χ0v) is 26.6. The van der Waals surface area contributed by atoms with E-state index in [1.165, 1.54) is 161 Å². The summed E-state index contributed by atoms with van der Waals surface area (Å²) in [7, 11) is 0. The smallest absolute Gasteiger partial charge is 0.305 e. The Balaban J connectivity index is 3.76. The van der Waals surface area contributed by atoms with E-state index < -0.39 is 0 Å². The van der Waals surface area contributed by atoms with Crippen molar-refractivity contribution in [1.29, 1.82) is 0 Å². The fourth-order valence-corrected chi connectivity index (χ4v) is 5.36. The molecule has 0 aliphatic rings. The van der Waals surface area contributed by atoms with E-state index in [4.69, 9.17) is 4.74 Å². The van der Waals surface area contributed by atoms with Crippen molar-refractivity contribution >= 4 is 5.97 Å². The van der Waals surface area contributed by atoms with Crippen molar-refractivity contribution in [2.75, 3.05) is 6.61 Å². The van der Waals surface area contributed by atoms with Crippen molar-refractivity contribution in [3.8, 4) is 0 Å². The van der Waals surface area contributed by atoms with Gasteiger partial charge in [0, 0.05) is 6.42 Å². The third-order valence-corrected chi connectivity index (χ3v) is 8.05. The number of carbonyl (C=O) groups excluding carboxylic acids is 1. The Kier molecular flexibility index (Phi) is 31.7. The minimum Gasteiger partial charge on any atom is -0.465 e. The van der Waals surface area contributed by atoms with E-state index in [1.807, 2.05) is 0 Å². The SMILES string of the molecule is CCCCCCCCC=CCCCCCCCC(=O)OCC(CCCCCC)CCCCCCCCCC. The number of carbonyl (C=O) groups is 1. The van der Waals surface area contributed by atoms with Gasteiger partial charge in [-0.2, -0.15) is 0 Å².